The van der Waals surface area contributed by atoms with Crippen molar-refractivity contribution in [3.63, 3.8) is 0 Å². The number of anilines is 1. The number of hydrogen-bond donors (Lipinski definition) is 2. The molecule has 0 fully saturated rings. The highest BCUT2D eigenvalue weighted by Gasteiger charge is 2.24. The van der Waals surface area contributed by atoms with Crippen LogP contribution in [-0.4, -0.2) is 28.8 Å². The van der Waals surface area contributed by atoms with Gasteiger partial charge in [-0.05, 0) is 47.1 Å². The standard InChI is InChI=1S/C18H24ClFN4O2/c1-10(2)7-14(11(3)22-17(25)26-18(4,5)6)23-16-13(20)8-12(9-21)15(19)24-16/h8,11,14H,1,7H2,2-6H3,(H,22,25)(H,23,24)/t11-,14+/m0/s1. The molecule has 2 atom stereocenters. The summed E-state index contributed by atoms with van der Waals surface area (Å²) in [6.45, 7) is 12.7. The van der Waals surface area contributed by atoms with Crippen LogP contribution in [0.25, 0.3) is 0 Å². The lowest BCUT2D eigenvalue weighted by atomic mass is 10.0. The van der Waals surface area contributed by atoms with Gasteiger partial charge in [0.05, 0.1) is 11.6 Å². The normalized spacial score (nSPS) is 13.3. The summed E-state index contributed by atoms with van der Waals surface area (Å²) in [7, 11) is 0. The number of ether oxygens (including phenoxy) is 1. The number of nitrogens with zero attached hydrogens (tertiary/aromatic N) is 2. The van der Waals surface area contributed by atoms with Gasteiger partial charge in [-0.1, -0.05) is 17.2 Å². The molecule has 1 heterocycles. The lowest BCUT2D eigenvalue weighted by molar-refractivity contribution is 0.0503. The molecule has 1 aromatic rings. The molecule has 142 valence electrons. The number of nitrogens with one attached hydrogen (secondary N) is 2. The van der Waals surface area contributed by atoms with Crippen molar-refractivity contribution in [2.45, 2.75) is 58.7 Å². The van der Waals surface area contributed by atoms with Crippen molar-refractivity contribution >= 4 is 23.5 Å². The van der Waals surface area contributed by atoms with Crippen molar-refractivity contribution in [1.29, 1.82) is 5.26 Å². The highest BCUT2D eigenvalue weighted by atomic mass is 35.5. The Morgan fingerprint density at radius 2 is 2.15 bits per heavy atom. The highest BCUT2D eigenvalue weighted by Crippen LogP contribution is 2.22. The number of hydrogen-bond acceptors (Lipinski definition) is 5. The van der Waals surface area contributed by atoms with Crippen LogP contribution in [-0.2, 0) is 4.74 Å². The van der Waals surface area contributed by atoms with Crippen molar-refractivity contribution < 1.29 is 13.9 Å². The summed E-state index contributed by atoms with van der Waals surface area (Å²) in [5.41, 5.74) is 0.154. The molecule has 0 aromatic carbocycles. The number of alkyl carbamates (subject to hydrolysis) is 1. The van der Waals surface area contributed by atoms with E-state index < -0.39 is 29.6 Å². The number of rotatable bonds is 6. The Hall–Kier alpha value is -2.33. The van der Waals surface area contributed by atoms with Gasteiger partial charge in [-0.25, -0.2) is 14.2 Å². The fourth-order valence-corrected chi connectivity index (χ4v) is 2.33. The first-order valence-corrected chi connectivity index (χ1v) is 8.47. The molecule has 0 saturated heterocycles. The number of halogens is 2. The van der Waals surface area contributed by atoms with Gasteiger partial charge in [0, 0.05) is 6.04 Å². The van der Waals surface area contributed by atoms with Gasteiger partial charge in [-0.3, -0.25) is 0 Å². The van der Waals surface area contributed by atoms with E-state index in [1.54, 1.807) is 33.8 Å². The Bertz CT molecular complexity index is 725. The van der Waals surface area contributed by atoms with Crippen molar-refractivity contribution in [2.75, 3.05) is 5.32 Å². The molecule has 1 rings (SSSR count). The van der Waals surface area contributed by atoms with Crippen LogP contribution in [0, 0.1) is 17.1 Å². The number of nitriles is 1. The summed E-state index contributed by atoms with van der Waals surface area (Å²) >= 11 is 5.88. The van der Waals surface area contributed by atoms with Crippen molar-refractivity contribution in [1.82, 2.24) is 10.3 Å². The van der Waals surface area contributed by atoms with Gasteiger partial charge in [0.25, 0.3) is 0 Å². The molecule has 1 aromatic heterocycles. The van der Waals surface area contributed by atoms with E-state index in [2.05, 4.69) is 22.2 Å². The first-order chi connectivity index (χ1) is 11.9. The Morgan fingerprint density at radius 1 is 1.54 bits per heavy atom. The van der Waals surface area contributed by atoms with Crippen LogP contribution < -0.4 is 10.6 Å². The first-order valence-electron chi connectivity index (χ1n) is 8.09. The molecule has 0 aliphatic rings. The van der Waals surface area contributed by atoms with Gasteiger partial charge < -0.3 is 15.4 Å². The molecule has 0 aliphatic heterocycles. The number of carbonyl (C=O) groups excluding carboxylic acids is 1. The molecule has 6 nitrogen and oxygen atoms in total. The number of carbonyl (C=O) groups is 1. The maximum Gasteiger partial charge on any atom is 0.407 e. The molecule has 2 N–H and O–H groups in total. The largest absolute Gasteiger partial charge is 0.444 e. The Morgan fingerprint density at radius 3 is 2.65 bits per heavy atom. The third-order valence-electron chi connectivity index (χ3n) is 3.29. The van der Waals surface area contributed by atoms with Crippen molar-refractivity contribution in [3.8, 4) is 6.07 Å². The zero-order valence-electron chi connectivity index (χ0n) is 15.6. The average molecular weight is 383 g/mol. The second kappa shape index (κ2) is 8.86. The van der Waals surface area contributed by atoms with E-state index in [9.17, 15) is 9.18 Å². The average Bonchev–Trinajstić information content (AvgIpc) is 2.47. The van der Waals surface area contributed by atoms with Gasteiger partial charge in [0.15, 0.2) is 11.6 Å². The minimum atomic E-state index is -0.706. The predicted molar refractivity (Wildman–Crippen MR) is 99.6 cm³/mol. The SMILES string of the molecule is C=C(C)C[C@@H](Nc1nc(Cl)c(C#N)cc1F)[C@H](C)NC(=O)OC(C)(C)C. The lowest BCUT2D eigenvalue weighted by Gasteiger charge is -2.28. The predicted octanol–water partition coefficient (Wildman–Crippen LogP) is 4.41. The van der Waals surface area contributed by atoms with Crippen LogP contribution in [0.15, 0.2) is 18.2 Å². The van der Waals surface area contributed by atoms with Crippen LogP contribution in [0.1, 0.15) is 46.6 Å². The zero-order chi connectivity index (χ0) is 20.1. The van der Waals surface area contributed by atoms with E-state index in [-0.39, 0.29) is 16.5 Å². The van der Waals surface area contributed by atoms with E-state index in [1.807, 2.05) is 6.92 Å². The molecule has 0 radical (unpaired) electrons. The van der Waals surface area contributed by atoms with Crippen LogP contribution in [0.2, 0.25) is 5.15 Å². The van der Waals surface area contributed by atoms with Gasteiger partial charge in [-0.15, -0.1) is 6.58 Å². The Kier molecular flexibility index (Phi) is 7.40. The fraction of sp³-hybridized carbons (Fsp3) is 0.500. The molecule has 8 heteroatoms. The Labute approximate surface area is 158 Å². The van der Waals surface area contributed by atoms with Crippen molar-refractivity contribution in [3.05, 3.63) is 34.8 Å². The van der Waals surface area contributed by atoms with E-state index >= 15 is 0 Å². The topological polar surface area (TPSA) is 87.0 Å². The Balaban J connectivity index is 2.97. The fourth-order valence-electron chi connectivity index (χ4n) is 2.14. The minimum Gasteiger partial charge on any atom is -0.444 e. The third kappa shape index (κ3) is 6.89. The van der Waals surface area contributed by atoms with Crippen LogP contribution >= 0.6 is 11.6 Å². The zero-order valence-corrected chi connectivity index (χ0v) is 16.4. The van der Waals surface area contributed by atoms with E-state index in [4.69, 9.17) is 21.6 Å². The molecule has 26 heavy (non-hydrogen) atoms. The lowest BCUT2D eigenvalue weighted by Crippen LogP contribution is -2.47. The van der Waals surface area contributed by atoms with Crippen molar-refractivity contribution in [2.24, 2.45) is 0 Å². The summed E-state index contributed by atoms with van der Waals surface area (Å²) < 4.78 is 19.4. The molecule has 0 saturated carbocycles. The van der Waals surface area contributed by atoms with Gasteiger partial charge >= 0.3 is 6.09 Å². The quantitative estimate of drug-likeness (QED) is 0.562. The second-order valence-electron chi connectivity index (χ2n) is 7.12. The van der Waals surface area contributed by atoms with Gasteiger partial charge in [0.2, 0.25) is 0 Å². The number of aromatic nitrogens is 1. The molecular formula is C18H24ClFN4O2. The van der Waals surface area contributed by atoms with Crippen LogP contribution in [0.3, 0.4) is 0 Å². The molecule has 0 unspecified atom stereocenters. The summed E-state index contributed by atoms with van der Waals surface area (Å²) in [4.78, 5) is 15.9. The number of pyridine rings is 1. The molecule has 1 amide bonds. The summed E-state index contributed by atoms with van der Waals surface area (Å²) in [5, 5.41) is 14.4. The third-order valence-corrected chi connectivity index (χ3v) is 3.58. The summed E-state index contributed by atoms with van der Waals surface area (Å²) in [5.74, 6) is -0.805. The molecule has 0 bridgehead atoms. The van der Waals surface area contributed by atoms with Gasteiger partial charge in [0.1, 0.15) is 16.8 Å². The van der Waals surface area contributed by atoms with E-state index in [0.717, 1.165) is 11.6 Å². The maximum atomic E-state index is 14.2. The smallest absolute Gasteiger partial charge is 0.407 e. The summed E-state index contributed by atoms with van der Waals surface area (Å²) in [6, 6.07) is 1.95. The van der Waals surface area contributed by atoms with E-state index in [0.29, 0.717) is 6.42 Å². The minimum absolute atomic E-state index is 0.0499. The summed E-state index contributed by atoms with van der Waals surface area (Å²) in [6.07, 6.45) is -0.125. The van der Waals surface area contributed by atoms with E-state index in [1.165, 1.54) is 0 Å². The van der Waals surface area contributed by atoms with Crippen LogP contribution in [0.4, 0.5) is 15.0 Å². The maximum absolute atomic E-state index is 14.2. The monoisotopic (exact) mass is 382 g/mol. The molecular weight excluding hydrogens is 359 g/mol. The molecule has 0 spiro atoms. The first kappa shape index (κ1) is 21.7. The second-order valence-corrected chi connectivity index (χ2v) is 7.47. The molecule has 0 aliphatic carbocycles. The highest BCUT2D eigenvalue weighted by molar-refractivity contribution is 6.30. The number of amides is 1. The van der Waals surface area contributed by atoms with Crippen LogP contribution in [0.5, 0.6) is 0 Å². The van der Waals surface area contributed by atoms with Gasteiger partial charge in [-0.2, -0.15) is 5.26 Å².